The summed E-state index contributed by atoms with van der Waals surface area (Å²) >= 11 is 0. The van der Waals surface area contributed by atoms with E-state index in [1.54, 1.807) is 24.5 Å². The Kier molecular flexibility index (Phi) is 9.95. The molecule has 9 nitrogen and oxygen atoms in total. The summed E-state index contributed by atoms with van der Waals surface area (Å²) in [6, 6.07) is 36.1. The number of aliphatic hydroxyl groups is 1. The van der Waals surface area contributed by atoms with Crippen molar-refractivity contribution in [3.63, 3.8) is 0 Å². The van der Waals surface area contributed by atoms with Crippen LogP contribution in [0.5, 0.6) is 0 Å². The molecular weight excluding hydrogens is 649 g/mol. The quantitative estimate of drug-likeness (QED) is 0.109. The average Bonchev–Trinajstić information content (AvgIpc) is 3.19. The lowest BCUT2D eigenvalue weighted by atomic mass is 9.98. The van der Waals surface area contributed by atoms with Crippen LogP contribution >= 0.6 is 0 Å². The fraction of sp³-hybridized carbons (Fsp3) is 0.140. The number of anilines is 2. The number of carbonyl (C=O) groups excluding carboxylic acids is 1. The van der Waals surface area contributed by atoms with Gasteiger partial charge in [0.1, 0.15) is 11.0 Å². The van der Waals surface area contributed by atoms with Gasteiger partial charge in [-0.3, -0.25) is 9.97 Å². The van der Waals surface area contributed by atoms with Crippen molar-refractivity contribution >= 4 is 61.2 Å². The number of ether oxygens (including phenoxy) is 1. The van der Waals surface area contributed by atoms with Gasteiger partial charge >= 0.3 is 5.97 Å². The standard InChI is InChI=1S/C22H19N3O2.C21H19N3O/c1-27-22(26)16-9-10-17-18(13-16)25-21(23)20-19(17)15(11-12-24-20)8-7-14-5-3-2-4-6-14;22-21-20-19(17-9-7-15(13-25)12-18(17)24-21)16(10-11-23-20)8-6-14-4-2-1-3-5-14/h2-6,9-13H,7-8H2,1H3,(H2,23,25);1-5,7,9-12,25H,6,8,13H2,(H2,22,24). The highest BCUT2D eigenvalue weighted by Gasteiger charge is 2.15. The van der Waals surface area contributed by atoms with Gasteiger partial charge < -0.3 is 21.3 Å². The number of fused-ring (bicyclic) bond motifs is 6. The maximum Gasteiger partial charge on any atom is 0.337 e. The predicted molar refractivity (Wildman–Crippen MR) is 208 cm³/mol. The van der Waals surface area contributed by atoms with Gasteiger partial charge in [-0.15, -0.1) is 0 Å². The SMILES string of the molecule is COC(=O)c1ccc2c(c1)nc(N)c1nccc(CCc3ccccc3)c12.Nc1nc2cc(CO)ccc2c2c(CCc3ccccc3)ccnc12. The van der Waals surface area contributed by atoms with E-state index < -0.39 is 5.97 Å². The van der Waals surface area contributed by atoms with E-state index in [-0.39, 0.29) is 6.61 Å². The molecule has 0 amide bonds. The molecule has 4 heterocycles. The summed E-state index contributed by atoms with van der Waals surface area (Å²) in [4.78, 5) is 29.7. The first-order valence-corrected chi connectivity index (χ1v) is 17.1. The third kappa shape index (κ3) is 7.08. The molecule has 52 heavy (non-hydrogen) atoms. The van der Waals surface area contributed by atoms with Gasteiger partial charge in [0.25, 0.3) is 0 Å². The molecular formula is C43H38N6O3. The van der Waals surface area contributed by atoms with E-state index >= 15 is 0 Å². The first-order chi connectivity index (χ1) is 25.4. The Labute approximate surface area is 301 Å². The van der Waals surface area contributed by atoms with Gasteiger partial charge in [-0.25, -0.2) is 14.8 Å². The number of rotatable bonds is 8. The van der Waals surface area contributed by atoms with Crippen LogP contribution in [0.15, 0.2) is 122 Å². The zero-order chi connectivity index (χ0) is 36.0. The van der Waals surface area contributed by atoms with Crippen LogP contribution in [0.1, 0.15) is 38.2 Å². The second-order valence-electron chi connectivity index (χ2n) is 12.6. The minimum atomic E-state index is -0.396. The molecule has 8 aromatic rings. The minimum absolute atomic E-state index is 0.0105. The van der Waals surface area contributed by atoms with Crippen molar-refractivity contribution in [3.05, 3.63) is 155 Å². The number of hydrogen-bond acceptors (Lipinski definition) is 9. The van der Waals surface area contributed by atoms with Gasteiger partial charge in [0.2, 0.25) is 0 Å². The molecule has 0 saturated carbocycles. The van der Waals surface area contributed by atoms with Crippen molar-refractivity contribution < 1.29 is 14.6 Å². The molecule has 0 atom stereocenters. The van der Waals surface area contributed by atoms with E-state index in [0.717, 1.165) is 69.4 Å². The van der Waals surface area contributed by atoms with Crippen LogP contribution in [0.3, 0.4) is 0 Å². The largest absolute Gasteiger partial charge is 0.465 e. The molecule has 0 aliphatic rings. The monoisotopic (exact) mass is 686 g/mol. The fourth-order valence-corrected chi connectivity index (χ4v) is 6.68. The molecule has 8 rings (SSSR count). The third-order valence-corrected chi connectivity index (χ3v) is 9.30. The first-order valence-electron chi connectivity index (χ1n) is 17.1. The summed E-state index contributed by atoms with van der Waals surface area (Å²) < 4.78 is 4.80. The van der Waals surface area contributed by atoms with E-state index in [4.69, 9.17) is 16.2 Å². The number of carbonyl (C=O) groups is 1. The first kappa shape index (κ1) is 34.0. The molecule has 5 N–H and O–H groups in total. The second kappa shape index (κ2) is 15.2. The van der Waals surface area contributed by atoms with Crippen molar-refractivity contribution in [2.24, 2.45) is 0 Å². The van der Waals surface area contributed by atoms with Gasteiger partial charge in [-0.2, -0.15) is 0 Å². The number of nitrogens with zero attached hydrogens (tertiary/aromatic N) is 4. The van der Waals surface area contributed by atoms with Crippen LogP contribution in [-0.4, -0.2) is 38.1 Å². The summed E-state index contributed by atoms with van der Waals surface area (Å²) in [6.45, 7) is -0.0105. The van der Waals surface area contributed by atoms with E-state index in [0.29, 0.717) is 28.2 Å². The Morgan fingerprint density at radius 2 is 1.12 bits per heavy atom. The number of benzene rings is 4. The van der Waals surface area contributed by atoms with Crippen molar-refractivity contribution in [2.75, 3.05) is 18.6 Å². The fourth-order valence-electron chi connectivity index (χ4n) is 6.68. The molecule has 258 valence electrons. The van der Waals surface area contributed by atoms with Crippen LogP contribution in [0, 0.1) is 0 Å². The normalized spacial score (nSPS) is 11.1. The molecule has 0 aliphatic heterocycles. The van der Waals surface area contributed by atoms with Crippen LogP contribution in [0.2, 0.25) is 0 Å². The molecule has 9 heteroatoms. The average molecular weight is 687 g/mol. The molecule has 0 aliphatic carbocycles. The van der Waals surface area contributed by atoms with Crippen LogP contribution in [0.25, 0.3) is 43.6 Å². The second-order valence-corrected chi connectivity index (χ2v) is 12.6. The number of aryl methyl sites for hydroxylation is 4. The summed E-state index contributed by atoms with van der Waals surface area (Å²) in [5, 5.41) is 13.4. The molecule has 0 bridgehead atoms. The number of nitrogen functional groups attached to an aromatic ring is 2. The highest BCUT2D eigenvalue weighted by atomic mass is 16.5. The Morgan fingerprint density at radius 1 is 0.615 bits per heavy atom. The highest BCUT2D eigenvalue weighted by Crippen LogP contribution is 2.32. The lowest BCUT2D eigenvalue weighted by Gasteiger charge is -2.11. The van der Waals surface area contributed by atoms with Crippen LogP contribution in [-0.2, 0) is 37.0 Å². The molecule has 4 aromatic carbocycles. The molecule has 0 saturated heterocycles. The van der Waals surface area contributed by atoms with Crippen molar-refractivity contribution in [3.8, 4) is 0 Å². The zero-order valence-corrected chi connectivity index (χ0v) is 28.8. The zero-order valence-electron chi connectivity index (χ0n) is 28.8. The van der Waals surface area contributed by atoms with Crippen molar-refractivity contribution in [2.45, 2.75) is 32.3 Å². The molecule has 0 spiro atoms. The lowest BCUT2D eigenvalue weighted by Crippen LogP contribution is -2.03. The number of methoxy groups -OCH3 is 1. The van der Waals surface area contributed by atoms with Crippen molar-refractivity contribution in [1.82, 2.24) is 19.9 Å². The van der Waals surface area contributed by atoms with Crippen LogP contribution in [0.4, 0.5) is 11.6 Å². The topological polar surface area (TPSA) is 150 Å². The van der Waals surface area contributed by atoms with E-state index in [1.165, 1.54) is 23.8 Å². The maximum atomic E-state index is 11.8. The van der Waals surface area contributed by atoms with E-state index in [9.17, 15) is 9.90 Å². The maximum absolute atomic E-state index is 11.8. The minimum Gasteiger partial charge on any atom is -0.465 e. The number of hydrogen-bond donors (Lipinski definition) is 3. The summed E-state index contributed by atoms with van der Waals surface area (Å²) in [5.41, 5.74) is 21.5. The molecule has 0 unspecified atom stereocenters. The summed E-state index contributed by atoms with van der Waals surface area (Å²) in [6.07, 6.45) is 7.22. The smallest absolute Gasteiger partial charge is 0.337 e. The van der Waals surface area contributed by atoms with Gasteiger partial charge in [-0.1, -0.05) is 78.9 Å². The number of aromatic nitrogens is 4. The highest BCUT2D eigenvalue weighted by molar-refractivity contribution is 6.11. The van der Waals surface area contributed by atoms with Gasteiger partial charge in [-0.05, 0) is 83.8 Å². The van der Waals surface area contributed by atoms with E-state index in [1.807, 2.05) is 54.6 Å². The third-order valence-electron chi connectivity index (χ3n) is 9.30. The van der Waals surface area contributed by atoms with Gasteiger partial charge in [0.15, 0.2) is 11.6 Å². The number of nitrogens with two attached hydrogens (primary N) is 2. The Bertz CT molecular complexity index is 2540. The predicted octanol–water partition coefficient (Wildman–Crippen LogP) is 7.58. The number of pyridine rings is 4. The Morgan fingerprint density at radius 3 is 1.62 bits per heavy atom. The number of aliphatic hydroxyl groups excluding tert-OH is 1. The Balaban J connectivity index is 0.000000162. The molecule has 0 radical (unpaired) electrons. The lowest BCUT2D eigenvalue weighted by molar-refractivity contribution is 0.0601. The van der Waals surface area contributed by atoms with E-state index in [2.05, 4.69) is 62.4 Å². The summed E-state index contributed by atoms with van der Waals surface area (Å²) in [7, 11) is 1.36. The Hall–Kier alpha value is -6.45. The molecule has 4 aromatic heterocycles. The van der Waals surface area contributed by atoms with Gasteiger partial charge in [0.05, 0.1) is 30.3 Å². The van der Waals surface area contributed by atoms with Crippen LogP contribution < -0.4 is 11.5 Å². The van der Waals surface area contributed by atoms with Crippen molar-refractivity contribution in [1.29, 1.82) is 0 Å². The molecule has 0 fully saturated rings. The number of esters is 1. The summed E-state index contributed by atoms with van der Waals surface area (Å²) in [5.74, 6) is 0.396. The van der Waals surface area contributed by atoms with Gasteiger partial charge in [0, 0.05) is 33.9 Å².